The van der Waals surface area contributed by atoms with Crippen LogP contribution in [0.4, 0.5) is 0 Å². The van der Waals surface area contributed by atoms with Crippen LogP contribution < -0.4 is 5.32 Å². The third-order valence-electron chi connectivity index (χ3n) is 4.21. The predicted octanol–water partition coefficient (Wildman–Crippen LogP) is 3.32. The molecule has 0 bridgehead atoms. The quantitative estimate of drug-likeness (QED) is 0.874. The Morgan fingerprint density at radius 1 is 1.23 bits per heavy atom. The zero-order valence-corrected chi connectivity index (χ0v) is 14.6. The monoisotopic (exact) mass is 321 g/mol. The molecule has 1 aromatic rings. The van der Waals surface area contributed by atoms with E-state index in [1.165, 1.54) is 5.56 Å². The Balaban J connectivity index is 1.96. The van der Waals surface area contributed by atoms with Crippen LogP contribution in [0.25, 0.3) is 0 Å². The summed E-state index contributed by atoms with van der Waals surface area (Å²) in [5.74, 6) is 2.11. The van der Waals surface area contributed by atoms with Crippen molar-refractivity contribution in [2.24, 2.45) is 5.92 Å². The van der Waals surface area contributed by atoms with Gasteiger partial charge in [-0.2, -0.15) is 11.8 Å². The fourth-order valence-corrected chi connectivity index (χ4v) is 3.93. The second-order valence-corrected chi connectivity index (χ2v) is 7.90. The first-order valence-corrected chi connectivity index (χ1v) is 9.26. The lowest BCUT2D eigenvalue weighted by atomic mass is 9.94. The highest BCUT2D eigenvalue weighted by Crippen LogP contribution is 2.28. The molecule has 1 aliphatic rings. The maximum Gasteiger partial charge on any atom is 0.252 e. The van der Waals surface area contributed by atoms with Gasteiger partial charge < -0.3 is 10.4 Å². The predicted molar refractivity (Wildman–Crippen MR) is 93.1 cm³/mol. The second-order valence-electron chi connectivity index (χ2n) is 6.68. The molecule has 1 saturated heterocycles. The molecule has 1 aliphatic heterocycles. The van der Waals surface area contributed by atoms with E-state index in [-0.39, 0.29) is 11.9 Å². The van der Waals surface area contributed by atoms with Gasteiger partial charge in [0, 0.05) is 0 Å². The minimum atomic E-state index is -1.18. The Hall–Kier alpha value is -1.00. The second kappa shape index (κ2) is 7.51. The molecule has 0 aromatic heterocycles. The summed E-state index contributed by atoms with van der Waals surface area (Å²) in [6.07, 6.45) is 2.16. The molecule has 2 rings (SSSR count). The first kappa shape index (κ1) is 17.4. The van der Waals surface area contributed by atoms with E-state index in [9.17, 15) is 9.90 Å². The van der Waals surface area contributed by atoms with Crippen molar-refractivity contribution in [2.75, 3.05) is 11.5 Å². The number of carbonyl (C=O) groups excluding carboxylic acids is 1. The van der Waals surface area contributed by atoms with Crippen LogP contribution in [0.3, 0.4) is 0 Å². The molecule has 4 heteroatoms. The summed E-state index contributed by atoms with van der Waals surface area (Å²) in [6.45, 7) is 6.39. The third-order valence-corrected chi connectivity index (χ3v) is 5.20. The van der Waals surface area contributed by atoms with Gasteiger partial charge in [0.1, 0.15) is 5.60 Å². The standard InChI is InChI=1S/C18H27NO2S/c1-13(2)12-15-4-6-16(7-5-15)14(3)19-17(20)18(21)8-10-22-11-9-18/h4-7,13-14,21H,8-12H2,1-3H3,(H,19,20). The number of rotatable bonds is 5. The Morgan fingerprint density at radius 2 is 1.82 bits per heavy atom. The molecule has 122 valence electrons. The van der Waals surface area contributed by atoms with Crippen molar-refractivity contribution in [1.82, 2.24) is 5.32 Å². The van der Waals surface area contributed by atoms with E-state index >= 15 is 0 Å². The van der Waals surface area contributed by atoms with Crippen molar-refractivity contribution in [3.05, 3.63) is 35.4 Å². The summed E-state index contributed by atoms with van der Waals surface area (Å²) in [5, 5.41) is 13.4. The van der Waals surface area contributed by atoms with Gasteiger partial charge in [-0.15, -0.1) is 0 Å². The maximum atomic E-state index is 12.3. The largest absolute Gasteiger partial charge is 0.380 e. The lowest BCUT2D eigenvalue weighted by molar-refractivity contribution is -0.141. The Labute approximate surface area is 137 Å². The van der Waals surface area contributed by atoms with Crippen molar-refractivity contribution in [2.45, 2.75) is 51.7 Å². The number of hydrogen-bond acceptors (Lipinski definition) is 3. The molecule has 0 radical (unpaired) electrons. The van der Waals surface area contributed by atoms with Crippen LogP contribution in [0.5, 0.6) is 0 Å². The van der Waals surface area contributed by atoms with Crippen molar-refractivity contribution in [1.29, 1.82) is 0 Å². The number of thioether (sulfide) groups is 1. The van der Waals surface area contributed by atoms with Crippen LogP contribution in [0.2, 0.25) is 0 Å². The number of hydrogen-bond donors (Lipinski definition) is 2. The smallest absolute Gasteiger partial charge is 0.252 e. The molecule has 0 spiro atoms. The van der Waals surface area contributed by atoms with Gasteiger partial charge in [0.05, 0.1) is 6.04 Å². The topological polar surface area (TPSA) is 49.3 Å². The average Bonchev–Trinajstić information content (AvgIpc) is 2.48. The van der Waals surface area contributed by atoms with Crippen LogP contribution in [0.15, 0.2) is 24.3 Å². The molecule has 0 aliphatic carbocycles. The van der Waals surface area contributed by atoms with Gasteiger partial charge in [0.25, 0.3) is 5.91 Å². The first-order chi connectivity index (χ1) is 10.4. The molecule has 1 fully saturated rings. The van der Waals surface area contributed by atoms with Gasteiger partial charge in [-0.05, 0) is 54.7 Å². The molecular weight excluding hydrogens is 294 g/mol. The van der Waals surface area contributed by atoms with Crippen LogP contribution in [-0.2, 0) is 11.2 Å². The van der Waals surface area contributed by atoms with Gasteiger partial charge in [-0.25, -0.2) is 0 Å². The molecule has 2 N–H and O–H groups in total. The molecule has 3 nitrogen and oxygen atoms in total. The van der Waals surface area contributed by atoms with E-state index in [0.29, 0.717) is 18.8 Å². The minimum absolute atomic E-state index is 0.0841. The molecule has 1 amide bonds. The van der Waals surface area contributed by atoms with E-state index in [0.717, 1.165) is 23.5 Å². The van der Waals surface area contributed by atoms with E-state index < -0.39 is 5.60 Å². The van der Waals surface area contributed by atoms with E-state index in [1.807, 2.05) is 6.92 Å². The fourth-order valence-electron chi connectivity index (χ4n) is 2.76. The third kappa shape index (κ3) is 4.50. The van der Waals surface area contributed by atoms with Crippen molar-refractivity contribution >= 4 is 17.7 Å². The molecule has 1 atom stereocenters. The van der Waals surface area contributed by atoms with Gasteiger partial charge in [0.2, 0.25) is 0 Å². The Bertz CT molecular complexity index is 492. The molecule has 1 heterocycles. The van der Waals surface area contributed by atoms with E-state index in [4.69, 9.17) is 0 Å². The Kier molecular flexibility index (Phi) is 5.93. The number of carbonyl (C=O) groups is 1. The van der Waals surface area contributed by atoms with Crippen LogP contribution in [0.1, 0.15) is 50.8 Å². The highest BCUT2D eigenvalue weighted by molar-refractivity contribution is 7.99. The summed E-state index contributed by atoms with van der Waals surface area (Å²) < 4.78 is 0. The maximum absolute atomic E-state index is 12.3. The highest BCUT2D eigenvalue weighted by Gasteiger charge is 2.37. The van der Waals surface area contributed by atoms with Crippen LogP contribution >= 0.6 is 11.8 Å². The number of benzene rings is 1. The SMILES string of the molecule is CC(C)Cc1ccc(C(C)NC(=O)C2(O)CCSCC2)cc1. The lowest BCUT2D eigenvalue weighted by Gasteiger charge is -2.31. The van der Waals surface area contributed by atoms with Crippen molar-refractivity contribution in [3.8, 4) is 0 Å². The van der Waals surface area contributed by atoms with Gasteiger partial charge >= 0.3 is 0 Å². The molecule has 1 unspecified atom stereocenters. The normalized spacial score (nSPS) is 19.0. The fraction of sp³-hybridized carbons (Fsp3) is 0.611. The highest BCUT2D eigenvalue weighted by atomic mass is 32.2. The summed E-state index contributed by atoms with van der Waals surface area (Å²) in [4.78, 5) is 12.3. The summed E-state index contributed by atoms with van der Waals surface area (Å²) in [7, 11) is 0. The van der Waals surface area contributed by atoms with Gasteiger partial charge in [0.15, 0.2) is 0 Å². The summed E-state index contributed by atoms with van der Waals surface area (Å²) in [5.41, 5.74) is 1.21. The van der Waals surface area contributed by atoms with E-state index in [2.05, 4.69) is 43.4 Å². The van der Waals surface area contributed by atoms with E-state index in [1.54, 1.807) is 11.8 Å². The number of nitrogens with one attached hydrogen (secondary N) is 1. The number of aliphatic hydroxyl groups is 1. The average molecular weight is 321 g/mol. The van der Waals surface area contributed by atoms with Crippen LogP contribution in [0, 0.1) is 5.92 Å². The molecular formula is C18H27NO2S. The summed E-state index contributed by atoms with van der Waals surface area (Å²) >= 11 is 1.80. The van der Waals surface area contributed by atoms with Gasteiger partial charge in [-0.1, -0.05) is 38.1 Å². The number of amides is 1. The molecule has 0 saturated carbocycles. The van der Waals surface area contributed by atoms with Gasteiger partial charge in [-0.3, -0.25) is 4.79 Å². The zero-order chi connectivity index (χ0) is 16.2. The molecule has 22 heavy (non-hydrogen) atoms. The Morgan fingerprint density at radius 3 is 2.36 bits per heavy atom. The van der Waals surface area contributed by atoms with Crippen molar-refractivity contribution < 1.29 is 9.90 Å². The lowest BCUT2D eigenvalue weighted by Crippen LogP contribution is -2.49. The summed E-state index contributed by atoms with van der Waals surface area (Å²) in [6, 6.07) is 8.32. The minimum Gasteiger partial charge on any atom is -0.380 e. The zero-order valence-electron chi connectivity index (χ0n) is 13.8. The van der Waals surface area contributed by atoms with Crippen LogP contribution in [-0.4, -0.2) is 28.1 Å². The molecule has 1 aromatic carbocycles. The van der Waals surface area contributed by atoms with Crippen molar-refractivity contribution in [3.63, 3.8) is 0 Å². The first-order valence-electron chi connectivity index (χ1n) is 8.10.